The number of nitrogens with one attached hydrogen (secondary N) is 1. The molecule has 2 heterocycles. The van der Waals surface area contributed by atoms with Crippen LogP contribution in [0, 0.1) is 17.8 Å². The van der Waals surface area contributed by atoms with Crippen LogP contribution in [-0.2, 0) is 4.79 Å². The molecule has 3 aliphatic rings. The first kappa shape index (κ1) is 20.6. The predicted molar refractivity (Wildman–Crippen MR) is 119 cm³/mol. The SMILES string of the molecule is C[C@H](CNC(=O)C1C[C@H]2CC[C@@H](C1)C21SCCS1)c1nc2ccccc2n1C(F)F. The monoisotopic (exact) mass is 451 g/mol. The minimum atomic E-state index is -2.66. The zero-order valence-electron chi connectivity index (χ0n) is 17.0. The third kappa shape index (κ3) is 3.34. The van der Waals surface area contributed by atoms with E-state index >= 15 is 0 Å². The first-order valence-electron chi connectivity index (χ1n) is 10.8. The second-order valence-electron chi connectivity index (χ2n) is 8.81. The van der Waals surface area contributed by atoms with Crippen molar-refractivity contribution in [2.75, 3.05) is 18.1 Å². The van der Waals surface area contributed by atoms with E-state index in [-0.39, 0.29) is 17.7 Å². The van der Waals surface area contributed by atoms with Crippen LogP contribution in [0.5, 0.6) is 0 Å². The number of benzene rings is 1. The average Bonchev–Trinajstić information content (AvgIpc) is 3.41. The minimum Gasteiger partial charge on any atom is -0.355 e. The number of nitrogens with zero attached hydrogens (tertiary/aromatic N) is 2. The summed E-state index contributed by atoms with van der Waals surface area (Å²) >= 11 is 4.26. The summed E-state index contributed by atoms with van der Waals surface area (Å²) in [5.41, 5.74) is 0.994. The largest absolute Gasteiger partial charge is 0.355 e. The molecule has 1 aromatic carbocycles. The van der Waals surface area contributed by atoms with Gasteiger partial charge in [0.2, 0.25) is 5.91 Å². The summed E-state index contributed by atoms with van der Waals surface area (Å²) < 4.78 is 28.8. The maximum absolute atomic E-state index is 13.7. The van der Waals surface area contributed by atoms with Crippen LogP contribution in [-0.4, -0.2) is 37.6 Å². The molecule has 2 saturated carbocycles. The van der Waals surface area contributed by atoms with Crippen molar-refractivity contribution in [3.63, 3.8) is 0 Å². The van der Waals surface area contributed by atoms with E-state index in [1.54, 1.807) is 24.3 Å². The molecule has 8 heteroatoms. The van der Waals surface area contributed by atoms with Crippen molar-refractivity contribution in [3.05, 3.63) is 30.1 Å². The number of hydrogen-bond acceptors (Lipinski definition) is 4. The molecule has 4 atom stereocenters. The summed E-state index contributed by atoms with van der Waals surface area (Å²) in [6.45, 7) is -0.474. The maximum Gasteiger partial charge on any atom is 0.320 e. The number of thioether (sulfide) groups is 2. The van der Waals surface area contributed by atoms with Crippen LogP contribution in [0.4, 0.5) is 8.78 Å². The molecule has 0 radical (unpaired) electrons. The summed E-state index contributed by atoms with van der Waals surface area (Å²) in [4.78, 5) is 17.4. The Labute approximate surface area is 183 Å². The number of imidazole rings is 1. The van der Waals surface area contributed by atoms with Crippen molar-refractivity contribution >= 4 is 40.5 Å². The van der Waals surface area contributed by atoms with Gasteiger partial charge < -0.3 is 5.32 Å². The van der Waals surface area contributed by atoms with Gasteiger partial charge in [0.15, 0.2) is 0 Å². The molecule has 162 valence electrons. The summed E-state index contributed by atoms with van der Waals surface area (Å²) in [5.74, 6) is 3.90. The van der Waals surface area contributed by atoms with Crippen molar-refractivity contribution < 1.29 is 13.6 Å². The number of alkyl halides is 2. The van der Waals surface area contributed by atoms with E-state index < -0.39 is 6.55 Å². The predicted octanol–water partition coefficient (Wildman–Crippen LogP) is 5.26. The maximum atomic E-state index is 13.7. The van der Waals surface area contributed by atoms with Gasteiger partial charge in [-0.05, 0) is 49.7 Å². The Morgan fingerprint density at radius 2 is 1.90 bits per heavy atom. The van der Waals surface area contributed by atoms with Crippen LogP contribution in [0.3, 0.4) is 0 Å². The number of halogens is 2. The van der Waals surface area contributed by atoms with Gasteiger partial charge in [0.05, 0.1) is 15.1 Å². The van der Waals surface area contributed by atoms with Crippen molar-refractivity contribution in [2.45, 2.75) is 49.2 Å². The Balaban J connectivity index is 1.25. The number of rotatable bonds is 5. The van der Waals surface area contributed by atoms with E-state index in [1.165, 1.54) is 24.3 Å². The molecule has 2 aliphatic carbocycles. The highest BCUT2D eigenvalue weighted by molar-refractivity contribution is 8.21. The zero-order valence-corrected chi connectivity index (χ0v) is 18.7. The number of hydrogen-bond donors (Lipinski definition) is 1. The molecular formula is C22H27F2N3OS2. The molecule has 2 bridgehead atoms. The Kier molecular flexibility index (Phi) is 5.50. The molecule has 5 rings (SSSR count). The highest BCUT2D eigenvalue weighted by Gasteiger charge is 2.57. The van der Waals surface area contributed by atoms with E-state index in [9.17, 15) is 13.6 Å². The van der Waals surface area contributed by atoms with Crippen LogP contribution in [0.2, 0.25) is 0 Å². The number of para-hydroxylation sites is 2. The molecule has 1 unspecified atom stereocenters. The fourth-order valence-corrected chi connectivity index (χ4v) is 9.66. The highest BCUT2D eigenvalue weighted by atomic mass is 32.2. The lowest BCUT2D eigenvalue weighted by Gasteiger charge is -2.42. The minimum absolute atomic E-state index is 0.0519. The average molecular weight is 452 g/mol. The van der Waals surface area contributed by atoms with E-state index in [0.29, 0.717) is 39.3 Å². The quantitative estimate of drug-likeness (QED) is 0.673. The molecule has 1 amide bonds. The van der Waals surface area contributed by atoms with Gasteiger partial charge in [-0.1, -0.05) is 19.1 Å². The van der Waals surface area contributed by atoms with Gasteiger partial charge in [-0.2, -0.15) is 8.78 Å². The summed E-state index contributed by atoms with van der Waals surface area (Å²) in [6, 6.07) is 6.95. The van der Waals surface area contributed by atoms with Gasteiger partial charge in [0.25, 0.3) is 0 Å². The van der Waals surface area contributed by atoms with Gasteiger partial charge in [-0.3, -0.25) is 9.36 Å². The molecule has 2 aromatic rings. The van der Waals surface area contributed by atoms with Crippen LogP contribution >= 0.6 is 23.5 Å². The van der Waals surface area contributed by atoms with Crippen molar-refractivity contribution in [2.24, 2.45) is 17.8 Å². The Morgan fingerprint density at radius 1 is 1.23 bits per heavy atom. The Morgan fingerprint density at radius 3 is 2.57 bits per heavy atom. The molecule has 4 nitrogen and oxygen atoms in total. The fourth-order valence-electron chi connectivity index (χ4n) is 5.72. The zero-order chi connectivity index (χ0) is 20.9. The standard InChI is InChI=1S/C22H27F2N3OS2/c1-13(19-26-17-4-2-3-5-18(17)27(19)21(23)24)12-25-20(28)14-10-15-6-7-16(11-14)22(15)29-8-9-30-22/h2-5,13-16,21H,6-12H2,1H3,(H,25,28)/t13-,14?,15-,16+/m1/s1. The normalized spacial score (nSPS) is 28.5. The third-order valence-electron chi connectivity index (χ3n) is 7.09. The van der Waals surface area contributed by atoms with Crippen LogP contribution < -0.4 is 5.32 Å². The van der Waals surface area contributed by atoms with Gasteiger partial charge in [-0.25, -0.2) is 4.98 Å². The topological polar surface area (TPSA) is 46.9 Å². The molecule has 30 heavy (non-hydrogen) atoms. The first-order chi connectivity index (χ1) is 14.5. The lowest BCUT2D eigenvalue weighted by atomic mass is 9.79. The molecular weight excluding hydrogens is 424 g/mol. The second kappa shape index (κ2) is 8.01. The second-order valence-corrected chi connectivity index (χ2v) is 11.8. The highest BCUT2D eigenvalue weighted by Crippen LogP contribution is 2.65. The van der Waals surface area contributed by atoms with Gasteiger partial charge in [-0.15, -0.1) is 23.5 Å². The summed E-state index contributed by atoms with van der Waals surface area (Å²) in [6.07, 6.45) is 4.41. The number of amides is 1. The molecule has 1 spiro atoms. The lowest BCUT2D eigenvalue weighted by molar-refractivity contribution is -0.126. The van der Waals surface area contributed by atoms with E-state index in [4.69, 9.17) is 0 Å². The van der Waals surface area contributed by atoms with E-state index in [0.717, 1.165) is 17.4 Å². The van der Waals surface area contributed by atoms with Crippen LogP contribution in [0.25, 0.3) is 11.0 Å². The van der Waals surface area contributed by atoms with Gasteiger partial charge >= 0.3 is 6.55 Å². The molecule has 1 aliphatic heterocycles. The van der Waals surface area contributed by atoms with Crippen molar-refractivity contribution in [1.29, 1.82) is 0 Å². The number of carbonyl (C=O) groups excluding carboxylic acids is 1. The molecule has 1 N–H and O–H groups in total. The van der Waals surface area contributed by atoms with Crippen LogP contribution in [0.15, 0.2) is 24.3 Å². The first-order valence-corrected chi connectivity index (χ1v) is 12.8. The molecule has 1 saturated heterocycles. The lowest BCUT2D eigenvalue weighted by Crippen LogP contribution is -2.43. The summed E-state index contributed by atoms with van der Waals surface area (Å²) in [5, 5.41) is 3.06. The number of fused-ring (bicyclic) bond motifs is 1. The molecule has 3 fully saturated rings. The molecule has 1 aromatic heterocycles. The Hall–Kier alpha value is -1.28. The fraction of sp³-hybridized carbons (Fsp3) is 0.636. The van der Waals surface area contributed by atoms with Crippen molar-refractivity contribution in [3.8, 4) is 0 Å². The van der Waals surface area contributed by atoms with Gasteiger partial charge in [0.1, 0.15) is 5.82 Å². The Bertz CT molecular complexity index is 928. The third-order valence-corrected chi connectivity index (χ3v) is 11.1. The number of aromatic nitrogens is 2. The smallest absolute Gasteiger partial charge is 0.320 e. The van der Waals surface area contributed by atoms with Gasteiger partial charge in [0, 0.05) is 29.9 Å². The van der Waals surface area contributed by atoms with E-state index in [1.807, 2.05) is 6.92 Å². The van der Waals surface area contributed by atoms with E-state index in [2.05, 4.69) is 33.8 Å². The summed E-state index contributed by atoms with van der Waals surface area (Å²) in [7, 11) is 0. The van der Waals surface area contributed by atoms with Crippen molar-refractivity contribution in [1.82, 2.24) is 14.9 Å². The number of carbonyl (C=O) groups is 1. The van der Waals surface area contributed by atoms with Crippen LogP contribution in [0.1, 0.15) is 50.9 Å².